The maximum Gasteiger partial charge on any atom is 0.159 e. The predicted molar refractivity (Wildman–Crippen MR) is 63.9 cm³/mol. The van der Waals surface area contributed by atoms with E-state index in [4.69, 9.17) is 0 Å². The molecule has 0 atom stereocenters. The van der Waals surface area contributed by atoms with Gasteiger partial charge in [0.25, 0.3) is 0 Å². The molecule has 0 spiro atoms. The number of rotatable bonds is 1. The first-order valence-electron chi connectivity index (χ1n) is 5.19. The van der Waals surface area contributed by atoms with Gasteiger partial charge in [0.15, 0.2) is 5.82 Å². The van der Waals surface area contributed by atoms with Crippen molar-refractivity contribution in [2.24, 2.45) is 7.05 Å². The van der Waals surface area contributed by atoms with E-state index in [1.54, 1.807) is 6.20 Å². The van der Waals surface area contributed by atoms with E-state index >= 15 is 0 Å². The topological polar surface area (TPSA) is 30.7 Å². The number of imidazole rings is 1. The summed E-state index contributed by atoms with van der Waals surface area (Å²) < 4.78 is 2.07. The molecule has 0 aliphatic carbocycles. The molecule has 0 N–H and O–H groups in total. The van der Waals surface area contributed by atoms with Crippen LogP contribution in [0.1, 0.15) is 0 Å². The Morgan fingerprint density at radius 1 is 1.00 bits per heavy atom. The summed E-state index contributed by atoms with van der Waals surface area (Å²) >= 11 is 0. The summed E-state index contributed by atoms with van der Waals surface area (Å²) in [7, 11) is 2.01. The van der Waals surface area contributed by atoms with Crippen molar-refractivity contribution >= 4 is 11.0 Å². The number of para-hydroxylation sites is 2. The van der Waals surface area contributed by atoms with Crippen LogP contribution in [0.25, 0.3) is 22.6 Å². The van der Waals surface area contributed by atoms with E-state index in [9.17, 15) is 0 Å². The number of hydrogen-bond donors (Lipinski definition) is 0. The van der Waals surface area contributed by atoms with Crippen LogP contribution < -0.4 is 0 Å². The van der Waals surface area contributed by atoms with E-state index in [1.165, 1.54) is 0 Å². The molecule has 0 saturated carbocycles. The largest absolute Gasteiger partial charge is 0.326 e. The van der Waals surface area contributed by atoms with Gasteiger partial charge in [0.2, 0.25) is 0 Å². The third-order valence-corrected chi connectivity index (χ3v) is 2.68. The molecule has 2 heterocycles. The summed E-state index contributed by atoms with van der Waals surface area (Å²) in [6.45, 7) is 0. The maximum absolute atomic E-state index is 4.58. The van der Waals surface area contributed by atoms with Gasteiger partial charge in [0.05, 0.1) is 11.0 Å². The first-order chi connectivity index (χ1) is 7.86. The monoisotopic (exact) mass is 272 g/mol. The standard InChI is InChI=1S/C13H11N3.Cu/c1-16-12-8-3-2-6-10(12)15-13(16)11-7-4-5-9-14-11;/h2-9H,1H3;. The van der Waals surface area contributed by atoms with E-state index in [2.05, 4.69) is 20.6 Å². The smallest absolute Gasteiger partial charge is 0.159 e. The maximum atomic E-state index is 4.58. The molecular formula is C13H11CuN3. The van der Waals surface area contributed by atoms with E-state index in [-0.39, 0.29) is 17.1 Å². The number of benzene rings is 1. The molecule has 3 nitrogen and oxygen atoms in total. The van der Waals surface area contributed by atoms with Gasteiger partial charge in [0.1, 0.15) is 5.69 Å². The normalized spacial score (nSPS) is 10.2. The van der Waals surface area contributed by atoms with Crippen molar-refractivity contribution in [1.29, 1.82) is 0 Å². The van der Waals surface area contributed by atoms with Crippen molar-refractivity contribution in [3.8, 4) is 11.5 Å². The summed E-state index contributed by atoms with van der Waals surface area (Å²) in [6.07, 6.45) is 1.79. The Kier molecular flexibility index (Phi) is 3.27. The molecule has 3 aromatic rings. The fourth-order valence-electron chi connectivity index (χ4n) is 1.87. The summed E-state index contributed by atoms with van der Waals surface area (Å²) in [5, 5.41) is 0. The fraction of sp³-hybridized carbons (Fsp3) is 0.0769. The van der Waals surface area contributed by atoms with Crippen molar-refractivity contribution in [3.63, 3.8) is 0 Å². The van der Waals surface area contributed by atoms with Gasteiger partial charge in [0, 0.05) is 30.3 Å². The molecule has 2 aromatic heterocycles. The minimum absolute atomic E-state index is 0. The van der Waals surface area contributed by atoms with Crippen LogP contribution in [0.2, 0.25) is 0 Å². The molecule has 0 aliphatic rings. The number of fused-ring (bicyclic) bond motifs is 1. The van der Waals surface area contributed by atoms with E-state index < -0.39 is 0 Å². The van der Waals surface area contributed by atoms with Crippen LogP contribution in [0.5, 0.6) is 0 Å². The summed E-state index contributed by atoms with van der Waals surface area (Å²) in [4.78, 5) is 8.90. The average molecular weight is 273 g/mol. The Hall–Kier alpha value is -1.64. The second kappa shape index (κ2) is 4.70. The average Bonchev–Trinajstić information content (AvgIpc) is 2.69. The Morgan fingerprint density at radius 2 is 1.76 bits per heavy atom. The Bertz CT molecular complexity index is 631. The van der Waals surface area contributed by atoms with Gasteiger partial charge >= 0.3 is 0 Å². The second-order valence-corrected chi connectivity index (χ2v) is 3.70. The Labute approximate surface area is 110 Å². The van der Waals surface area contributed by atoms with Crippen molar-refractivity contribution in [2.45, 2.75) is 0 Å². The zero-order chi connectivity index (χ0) is 11.0. The zero-order valence-corrected chi connectivity index (χ0v) is 10.2. The van der Waals surface area contributed by atoms with Crippen molar-refractivity contribution in [2.75, 3.05) is 0 Å². The molecule has 0 aliphatic heterocycles. The minimum Gasteiger partial charge on any atom is -0.326 e. The number of nitrogens with zero attached hydrogens (tertiary/aromatic N) is 3. The van der Waals surface area contributed by atoms with E-state index in [0.717, 1.165) is 22.6 Å². The molecule has 0 amide bonds. The van der Waals surface area contributed by atoms with E-state index in [1.807, 2.05) is 43.4 Å². The third kappa shape index (κ3) is 1.97. The van der Waals surface area contributed by atoms with Crippen molar-refractivity contribution in [1.82, 2.24) is 14.5 Å². The third-order valence-electron chi connectivity index (χ3n) is 2.68. The SMILES string of the molecule is Cn1c(-c2ccccn2)nc2ccccc21.[Cu]. The molecule has 0 bridgehead atoms. The summed E-state index contributed by atoms with van der Waals surface area (Å²) in [6, 6.07) is 14.0. The van der Waals surface area contributed by atoms with Crippen LogP contribution in [0.15, 0.2) is 48.7 Å². The Balaban J connectivity index is 0.00000108. The zero-order valence-electron chi connectivity index (χ0n) is 9.26. The molecular weight excluding hydrogens is 262 g/mol. The number of pyridine rings is 1. The summed E-state index contributed by atoms with van der Waals surface area (Å²) in [5.41, 5.74) is 3.04. The van der Waals surface area contributed by atoms with Gasteiger partial charge in [-0.1, -0.05) is 18.2 Å². The van der Waals surface area contributed by atoms with Crippen molar-refractivity contribution < 1.29 is 17.1 Å². The fourth-order valence-corrected chi connectivity index (χ4v) is 1.87. The molecule has 0 saturated heterocycles. The molecule has 89 valence electrons. The van der Waals surface area contributed by atoms with Crippen LogP contribution in [-0.2, 0) is 24.1 Å². The van der Waals surface area contributed by atoms with Gasteiger partial charge in [-0.3, -0.25) is 4.98 Å². The van der Waals surface area contributed by atoms with Crippen LogP contribution >= 0.6 is 0 Å². The van der Waals surface area contributed by atoms with Crippen LogP contribution in [0.3, 0.4) is 0 Å². The first-order valence-corrected chi connectivity index (χ1v) is 5.19. The molecule has 17 heavy (non-hydrogen) atoms. The van der Waals surface area contributed by atoms with Gasteiger partial charge < -0.3 is 4.57 Å². The molecule has 0 unspecified atom stereocenters. The first kappa shape index (κ1) is 11.8. The van der Waals surface area contributed by atoms with Crippen LogP contribution in [0.4, 0.5) is 0 Å². The molecule has 1 aromatic carbocycles. The molecule has 0 fully saturated rings. The number of aryl methyl sites for hydroxylation is 1. The van der Waals surface area contributed by atoms with Gasteiger partial charge in [-0.25, -0.2) is 4.98 Å². The van der Waals surface area contributed by atoms with Gasteiger partial charge in [-0.05, 0) is 24.3 Å². The van der Waals surface area contributed by atoms with Gasteiger partial charge in [-0.2, -0.15) is 0 Å². The van der Waals surface area contributed by atoms with Crippen molar-refractivity contribution in [3.05, 3.63) is 48.7 Å². The van der Waals surface area contributed by atoms with E-state index in [0.29, 0.717) is 0 Å². The Morgan fingerprint density at radius 3 is 2.47 bits per heavy atom. The predicted octanol–water partition coefficient (Wildman–Crippen LogP) is 2.63. The quantitative estimate of drug-likeness (QED) is 0.638. The number of hydrogen-bond acceptors (Lipinski definition) is 2. The molecule has 1 radical (unpaired) electrons. The summed E-state index contributed by atoms with van der Waals surface area (Å²) in [5.74, 6) is 0.904. The molecule has 4 heteroatoms. The van der Waals surface area contributed by atoms with Crippen LogP contribution in [-0.4, -0.2) is 14.5 Å². The van der Waals surface area contributed by atoms with Crippen LogP contribution in [0, 0.1) is 0 Å². The van der Waals surface area contributed by atoms with Gasteiger partial charge in [-0.15, -0.1) is 0 Å². The minimum atomic E-state index is 0. The number of aromatic nitrogens is 3. The molecule has 3 rings (SSSR count). The second-order valence-electron chi connectivity index (χ2n) is 3.70.